The Labute approximate surface area is 91.3 Å². The lowest BCUT2D eigenvalue weighted by atomic mass is 9.83. The Hall–Kier alpha value is -1.05. The zero-order valence-corrected chi connectivity index (χ0v) is 9.36. The molecule has 0 spiro atoms. The maximum Gasteiger partial charge on any atom is 0.166 e. The van der Waals surface area contributed by atoms with Crippen LogP contribution in [-0.2, 0) is 6.54 Å². The first kappa shape index (κ1) is 10.5. The highest BCUT2D eigenvalue weighted by atomic mass is 16.1. The molecule has 0 radical (unpaired) electrons. The van der Waals surface area contributed by atoms with Crippen LogP contribution in [0, 0.1) is 11.8 Å². The number of aldehydes is 1. The van der Waals surface area contributed by atoms with Crippen molar-refractivity contribution < 1.29 is 4.79 Å². The summed E-state index contributed by atoms with van der Waals surface area (Å²) >= 11 is 0. The summed E-state index contributed by atoms with van der Waals surface area (Å²) in [6.07, 6.45) is 8.30. The molecule has 1 aromatic rings. The van der Waals surface area contributed by atoms with Gasteiger partial charge in [-0.1, -0.05) is 19.8 Å². The smallest absolute Gasteiger partial charge is 0.166 e. The molecule has 0 unspecified atom stereocenters. The molecule has 0 bridgehead atoms. The van der Waals surface area contributed by atoms with Gasteiger partial charge in [-0.25, -0.2) is 0 Å². The number of carbonyl (C=O) groups is 1. The van der Waals surface area contributed by atoms with E-state index in [1.165, 1.54) is 25.7 Å². The van der Waals surface area contributed by atoms with Gasteiger partial charge in [0.1, 0.15) is 0 Å². The van der Waals surface area contributed by atoms with Gasteiger partial charge in [0.2, 0.25) is 0 Å². The summed E-state index contributed by atoms with van der Waals surface area (Å²) in [7, 11) is 0. The molecule has 2 heteroatoms. The van der Waals surface area contributed by atoms with Crippen molar-refractivity contribution in [2.75, 3.05) is 0 Å². The van der Waals surface area contributed by atoms with Crippen LogP contribution in [0.5, 0.6) is 0 Å². The maximum absolute atomic E-state index is 10.8. The fourth-order valence-electron chi connectivity index (χ4n) is 2.49. The first-order valence-corrected chi connectivity index (χ1v) is 5.90. The second-order valence-electron chi connectivity index (χ2n) is 4.83. The maximum atomic E-state index is 10.8. The van der Waals surface area contributed by atoms with Crippen LogP contribution in [0.4, 0.5) is 0 Å². The van der Waals surface area contributed by atoms with Crippen LogP contribution in [0.2, 0.25) is 0 Å². The molecule has 0 aliphatic heterocycles. The van der Waals surface area contributed by atoms with Gasteiger partial charge in [-0.15, -0.1) is 0 Å². The molecule has 0 aromatic carbocycles. The molecular formula is C13H19NO. The summed E-state index contributed by atoms with van der Waals surface area (Å²) in [4.78, 5) is 10.8. The van der Waals surface area contributed by atoms with Gasteiger partial charge in [-0.2, -0.15) is 0 Å². The van der Waals surface area contributed by atoms with Gasteiger partial charge in [0.25, 0.3) is 0 Å². The number of rotatable bonds is 3. The molecule has 1 fully saturated rings. The van der Waals surface area contributed by atoms with Gasteiger partial charge in [-0.05, 0) is 36.8 Å². The van der Waals surface area contributed by atoms with Crippen LogP contribution >= 0.6 is 0 Å². The summed E-state index contributed by atoms with van der Waals surface area (Å²) in [6.45, 7) is 3.36. The van der Waals surface area contributed by atoms with Crippen molar-refractivity contribution in [2.24, 2.45) is 11.8 Å². The molecule has 1 saturated carbocycles. The van der Waals surface area contributed by atoms with E-state index in [1.807, 2.05) is 18.3 Å². The van der Waals surface area contributed by atoms with Gasteiger partial charge in [0, 0.05) is 12.7 Å². The standard InChI is InChI=1S/C13H19NO/c1-11-4-6-12(7-5-11)9-14-8-2-3-13(14)10-15/h2-3,8,10-12H,4-7,9H2,1H3. The summed E-state index contributed by atoms with van der Waals surface area (Å²) < 4.78 is 2.09. The molecule has 1 aliphatic rings. The normalized spacial score (nSPS) is 26.5. The molecule has 0 saturated heterocycles. The predicted molar refractivity (Wildman–Crippen MR) is 60.9 cm³/mol. The van der Waals surface area contributed by atoms with E-state index in [-0.39, 0.29) is 0 Å². The average Bonchev–Trinajstić information content (AvgIpc) is 2.69. The Morgan fingerprint density at radius 3 is 2.80 bits per heavy atom. The van der Waals surface area contributed by atoms with Crippen LogP contribution in [0.15, 0.2) is 18.3 Å². The Morgan fingerprint density at radius 2 is 2.13 bits per heavy atom. The van der Waals surface area contributed by atoms with E-state index in [1.54, 1.807) is 0 Å². The minimum Gasteiger partial charge on any atom is -0.345 e. The summed E-state index contributed by atoms with van der Waals surface area (Å²) in [6, 6.07) is 3.84. The van der Waals surface area contributed by atoms with Gasteiger partial charge in [0.15, 0.2) is 6.29 Å². The lowest BCUT2D eigenvalue weighted by Gasteiger charge is -2.26. The minimum atomic E-state index is 0.771. The molecule has 0 N–H and O–H groups in total. The number of hydrogen-bond donors (Lipinski definition) is 0. The van der Waals surface area contributed by atoms with Crippen molar-refractivity contribution >= 4 is 6.29 Å². The van der Waals surface area contributed by atoms with E-state index in [2.05, 4.69) is 11.5 Å². The molecule has 82 valence electrons. The third-order valence-electron chi connectivity index (χ3n) is 3.58. The molecule has 1 aromatic heterocycles. The van der Waals surface area contributed by atoms with Crippen molar-refractivity contribution in [3.05, 3.63) is 24.0 Å². The predicted octanol–water partition coefficient (Wildman–Crippen LogP) is 3.13. The average molecular weight is 205 g/mol. The molecule has 15 heavy (non-hydrogen) atoms. The van der Waals surface area contributed by atoms with E-state index in [4.69, 9.17) is 0 Å². The highest BCUT2D eigenvalue weighted by molar-refractivity contribution is 5.72. The van der Waals surface area contributed by atoms with Crippen LogP contribution in [0.3, 0.4) is 0 Å². The Balaban J connectivity index is 1.94. The van der Waals surface area contributed by atoms with Crippen molar-refractivity contribution in [1.82, 2.24) is 4.57 Å². The number of aromatic nitrogens is 1. The molecule has 0 atom stereocenters. The van der Waals surface area contributed by atoms with E-state index in [9.17, 15) is 4.79 Å². The number of nitrogens with zero attached hydrogens (tertiary/aromatic N) is 1. The van der Waals surface area contributed by atoms with Crippen LogP contribution in [0.1, 0.15) is 43.1 Å². The fourth-order valence-corrected chi connectivity index (χ4v) is 2.49. The Morgan fingerprint density at radius 1 is 1.40 bits per heavy atom. The number of hydrogen-bond acceptors (Lipinski definition) is 1. The van der Waals surface area contributed by atoms with Crippen molar-refractivity contribution in [3.63, 3.8) is 0 Å². The van der Waals surface area contributed by atoms with Crippen LogP contribution < -0.4 is 0 Å². The topological polar surface area (TPSA) is 22.0 Å². The Bertz CT molecular complexity index is 321. The summed E-state index contributed by atoms with van der Waals surface area (Å²) in [5.74, 6) is 1.67. The molecule has 0 amide bonds. The molecule has 2 rings (SSSR count). The third kappa shape index (κ3) is 2.49. The van der Waals surface area contributed by atoms with Gasteiger partial charge < -0.3 is 4.57 Å². The minimum absolute atomic E-state index is 0.771. The van der Waals surface area contributed by atoms with Gasteiger partial charge in [-0.3, -0.25) is 4.79 Å². The SMILES string of the molecule is CC1CCC(Cn2cccc2C=O)CC1. The zero-order chi connectivity index (χ0) is 10.7. The second kappa shape index (κ2) is 4.65. The monoisotopic (exact) mass is 205 g/mol. The van der Waals surface area contributed by atoms with Crippen molar-refractivity contribution in [3.8, 4) is 0 Å². The van der Waals surface area contributed by atoms with Crippen molar-refractivity contribution in [2.45, 2.75) is 39.2 Å². The summed E-state index contributed by atoms with van der Waals surface area (Å²) in [5.41, 5.74) is 0.814. The molecule has 2 nitrogen and oxygen atoms in total. The largest absolute Gasteiger partial charge is 0.345 e. The number of carbonyl (C=O) groups excluding carboxylic acids is 1. The van der Waals surface area contributed by atoms with E-state index >= 15 is 0 Å². The fraction of sp³-hybridized carbons (Fsp3) is 0.615. The Kier molecular flexibility index (Phi) is 3.24. The lowest BCUT2D eigenvalue weighted by molar-refractivity contribution is 0.111. The third-order valence-corrected chi connectivity index (χ3v) is 3.58. The second-order valence-corrected chi connectivity index (χ2v) is 4.83. The summed E-state index contributed by atoms with van der Waals surface area (Å²) in [5, 5.41) is 0. The van der Waals surface area contributed by atoms with E-state index in [0.717, 1.165) is 30.4 Å². The highest BCUT2D eigenvalue weighted by Gasteiger charge is 2.18. The highest BCUT2D eigenvalue weighted by Crippen LogP contribution is 2.29. The lowest BCUT2D eigenvalue weighted by Crippen LogP contribution is -2.18. The molecule has 1 aliphatic carbocycles. The zero-order valence-electron chi connectivity index (χ0n) is 9.36. The van der Waals surface area contributed by atoms with Crippen LogP contribution in [0.25, 0.3) is 0 Å². The van der Waals surface area contributed by atoms with Gasteiger partial charge >= 0.3 is 0 Å². The van der Waals surface area contributed by atoms with Crippen molar-refractivity contribution in [1.29, 1.82) is 0 Å². The van der Waals surface area contributed by atoms with Crippen LogP contribution in [-0.4, -0.2) is 10.9 Å². The molecular weight excluding hydrogens is 186 g/mol. The van der Waals surface area contributed by atoms with E-state index < -0.39 is 0 Å². The van der Waals surface area contributed by atoms with Gasteiger partial charge in [0.05, 0.1) is 5.69 Å². The first-order valence-electron chi connectivity index (χ1n) is 5.90. The quantitative estimate of drug-likeness (QED) is 0.695. The molecule has 1 heterocycles. The van der Waals surface area contributed by atoms with E-state index in [0.29, 0.717) is 0 Å². The first-order chi connectivity index (χ1) is 7.29.